The Morgan fingerprint density at radius 2 is 1.76 bits per heavy atom. The van der Waals surface area contributed by atoms with E-state index in [2.05, 4.69) is 13.0 Å². The summed E-state index contributed by atoms with van der Waals surface area (Å²) in [6.07, 6.45) is 13.4. The third-order valence-corrected chi connectivity index (χ3v) is 5.42. The predicted molar refractivity (Wildman–Crippen MR) is 91.2 cm³/mol. The van der Waals surface area contributed by atoms with Crippen molar-refractivity contribution in [1.29, 1.82) is 0 Å². The van der Waals surface area contributed by atoms with Gasteiger partial charge >= 0.3 is 0 Å². The number of phenolic OH excluding ortho intramolecular Hbond substituents is 1. The van der Waals surface area contributed by atoms with E-state index >= 15 is 0 Å². The minimum Gasteiger partial charge on any atom is -0.506 e. The summed E-state index contributed by atoms with van der Waals surface area (Å²) in [5.74, 6) is 1.69. The summed E-state index contributed by atoms with van der Waals surface area (Å²) in [6, 6.07) is 5.67. The molecule has 0 spiro atoms. The lowest BCUT2D eigenvalue weighted by Gasteiger charge is -2.29. The molecule has 1 aromatic carbocycles. The Labute approximate surface area is 134 Å². The van der Waals surface area contributed by atoms with Crippen LogP contribution in [0.3, 0.4) is 0 Å². The third-order valence-electron chi connectivity index (χ3n) is 5.01. The molecule has 0 amide bonds. The Balaban J connectivity index is 1.74. The number of hydrogen-bond acceptors (Lipinski definition) is 1. The molecule has 1 aliphatic carbocycles. The van der Waals surface area contributed by atoms with Crippen LogP contribution in [0, 0.1) is 5.92 Å². The Kier molecular flexibility index (Phi) is 6.89. The standard InChI is InChI=1S/C19H29ClO/c1-2-3-4-5-6-8-15-11-13-16(14-12-15)17-9-7-10-18(21)19(17)20/h7,9-10,15-16,21H,2-6,8,11-14H2,1H3. The van der Waals surface area contributed by atoms with Gasteiger partial charge in [-0.2, -0.15) is 0 Å². The first-order valence-corrected chi connectivity index (χ1v) is 9.07. The Morgan fingerprint density at radius 1 is 1.05 bits per heavy atom. The van der Waals surface area contributed by atoms with Crippen molar-refractivity contribution in [2.24, 2.45) is 5.92 Å². The second kappa shape index (κ2) is 8.68. The van der Waals surface area contributed by atoms with E-state index in [0.29, 0.717) is 10.9 Å². The van der Waals surface area contributed by atoms with Crippen molar-refractivity contribution in [1.82, 2.24) is 0 Å². The maximum absolute atomic E-state index is 9.74. The summed E-state index contributed by atoms with van der Waals surface area (Å²) in [6.45, 7) is 2.27. The van der Waals surface area contributed by atoms with Crippen LogP contribution in [-0.2, 0) is 0 Å². The maximum Gasteiger partial charge on any atom is 0.134 e. The molecule has 21 heavy (non-hydrogen) atoms. The lowest BCUT2D eigenvalue weighted by atomic mass is 9.77. The summed E-state index contributed by atoms with van der Waals surface area (Å²) < 4.78 is 0. The molecule has 0 saturated heterocycles. The van der Waals surface area contributed by atoms with Crippen LogP contribution in [-0.4, -0.2) is 5.11 Å². The second-order valence-corrected chi connectivity index (χ2v) is 6.98. The summed E-state index contributed by atoms with van der Waals surface area (Å²) in [7, 11) is 0. The number of phenols is 1. The lowest BCUT2D eigenvalue weighted by molar-refractivity contribution is 0.301. The summed E-state index contributed by atoms with van der Waals surface area (Å²) in [4.78, 5) is 0. The van der Waals surface area contributed by atoms with Crippen molar-refractivity contribution in [2.75, 3.05) is 0 Å². The molecule has 1 aliphatic rings. The molecule has 0 atom stereocenters. The van der Waals surface area contributed by atoms with Crippen molar-refractivity contribution < 1.29 is 5.11 Å². The van der Waals surface area contributed by atoms with E-state index in [0.717, 1.165) is 11.5 Å². The minimum atomic E-state index is 0.229. The van der Waals surface area contributed by atoms with Crippen LogP contribution in [0.5, 0.6) is 5.75 Å². The molecule has 1 nitrogen and oxygen atoms in total. The SMILES string of the molecule is CCCCCCCC1CCC(c2cccc(O)c2Cl)CC1. The van der Waals surface area contributed by atoms with Crippen molar-refractivity contribution in [3.8, 4) is 5.75 Å². The number of hydrogen-bond donors (Lipinski definition) is 1. The third kappa shape index (κ3) is 4.92. The zero-order valence-electron chi connectivity index (χ0n) is 13.3. The van der Waals surface area contributed by atoms with Gasteiger partial charge in [-0.15, -0.1) is 0 Å². The van der Waals surface area contributed by atoms with Crippen molar-refractivity contribution in [3.63, 3.8) is 0 Å². The minimum absolute atomic E-state index is 0.229. The molecule has 0 bridgehead atoms. The van der Waals surface area contributed by atoms with Crippen LogP contribution >= 0.6 is 11.6 Å². The first kappa shape index (κ1) is 16.7. The molecule has 0 aliphatic heterocycles. The van der Waals surface area contributed by atoms with E-state index in [9.17, 15) is 5.11 Å². The average molecular weight is 309 g/mol. The van der Waals surface area contributed by atoms with Gasteiger partial charge < -0.3 is 5.11 Å². The zero-order valence-corrected chi connectivity index (χ0v) is 14.0. The topological polar surface area (TPSA) is 20.2 Å². The van der Waals surface area contributed by atoms with Crippen LogP contribution in [0.2, 0.25) is 5.02 Å². The van der Waals surface area contributed by atoms with Gasteiger partial charge in [0.1, 0.15) is 5.75 Å². The van der Waals surface area contributed by atoms with Gasteiger partial charge in [0, 0.05) is 0 Å². The van der Waals surface area contributed by atoms with Crippen LogP contribution in [0.25, 0.3) is 0 Å². The molecular formula is C19H29ClO. The molecule has 1 fully saturated rings. The molecule has 1 aromatic rings. The van der Waals surface area contributed by atoms with Crippen LogP contribution in [0.4, 0.5) is 0 Å². The Morgan fingerprint density at radius 3 is 2.48 bits per heavy atom. The van der Waals surface area contributed by atoms with E-state index in [-0.39, 0.29) is 5.75 Å². The highest BCUT2D eigenvalue weighted by Gasteiger charge is 2.24. The molecule has 0 radical (unpaired) electrons. The van der Waals surface area contributed by atoms with Gasteiger partial charge in [-0.3, -0.25) is 0 Å². The van der Waals surface area contributed by atoms with Gasteiger partial charge in [-0.25, -0.2) is 0 Å². The molecule has 0 aromatic heterocycles. The molecular weight excluding hydrogens is 280 g/mol. The number of aromatic hydroxyl groups is 1. The molecule has 0 heterocycles. The summed E-state index contributed by atoms with van der Waals surface area (Å²) in [5.41, 5.74) is 1.15. The fourth-order valence-electron chi connectivity index (χ4n) is 3.65. The predicted octanol–water partition coefficient (Wildman–Crippen LogP) is 6.68. The molecule has 2 rings (SSSR count). The van der Waals surface area contributed by atoms with Gasteiger partial charge in [0.15, 0.2) is 0 Å². The highest BCUT2D eigenvalue weighted by molar-refractivity contribution is 6.32. The van der Waals surface area contributed by atoms with Crippen molar-refractivity contribution >= 4 is 11.6 Å². The van der Waals surface area contributed by atoms with E-state index < -0.39 is 0 Å². The Bertz CT molecular complexity index is 422. The molecule has 0 unspecified atom stereocenters. The molecule has 2 heteroatoms. The molecule has 118 valence electrons. The number of benzene rings is 1. The largest absolute Gasteiger partial charge is 0.506 e. The fraction of sp³-hybridized carbons (Fsp3) is 0.684. The fourth-order valence-corrected chi connectivity index (χ4v) is 3.93. The first-order chi connectivity index (χ1) is 10.2. The monoisotopic (exact) mass is 308 g/mol. The van der Waals surface area contributed by atoms with E-state index in [1.165, 1.54) is 64.2 Å². The summed E-state index contributed by atoms with van der Waals surface area (Å²) >= 11 is 6.25. The van der Waals surface area contributed by atoms with E-state index in [1.807, 2.05) is 6.07 Å². The highest BCUT2D eigenvalue weighted by Crippen LogP contribution is 2.42. The summed E-state index contributed by atoms with van der Waals surface area (Å²) in [5, 5.41) is 10.3. The molecule has 1 saturated carbocycles. The van der Waals surface area contributed by atoms with Gasteiger partial charge in [0.25, 0.3) is 0 Å². The first-order valence-electron chi connectivity index (χ1n) is 8.69. The highest BCUT2D eigenvalue weighted by atomic mass is 35.5. The number of halogens is 1. The average Bonchev–Trinajstić information content (AvgIpc) is 2.51. The normalized spacial score (nSPS) is 22.4. The van der Waals surface area contributed by atoms with E-state index in [1.54, 1.807) is 6.07 Å². The number of unbranched alkanes of at least 4 members (excludes halogenated alkanes) is 4. The van der Waals surface area contributed by atoms with Crippen LogP contribution in [0.1, 0.15) is 82.6 Å². The van der Waals surface area contributed by atoms with Gasteiger partial charge in [0.05, 0.1) is 5.02 Å². The van der Waals surface area contributed by atoms with Gasteiger partial charge in [-0.1, -0.05) is 69.2 Å². The Hall–Kier alpha value is -0.690. The van der Waals surface area contributed by atoms with Crippen LogP contribution in [0.15, 0.2) is 18.2 Å². The smallest absolute Gasteiger partial charge is 0.134 e. The van der Waals surface area contributed by atoms with Gasteiger partial charge in [-0.05, 0) is 49.1 Å². The molecule has 1 N–H and O–H groups in total. The lowest BCUT2D eigenvalue weighted by Crippen LogP contribution is -2.13. The zero-order chi connectivity index (χ0) is 15.1. The van der Waals surface area contributed by atoms with Crippen LogP contribution < -0.4 is 0 Å². The van der Waals surface area contributed by atoms with E-state index in [4.69, 9.17) is 11.6 Å². The second-order valence-electron chi connectivity index (χ2n) is 6.60. The van der Waals surface area contributed by atoms with Crippen molar-refractivity contribution in [3.05, 3.63) is 28.8 Å². The van der Waals surface area contributed by atoms with Crippen molar-refractivity contribution in [2.45, 2.75) is 77.0 Å². The van der Waals surface area contributed by atoms with Gasteiger partial charge in [0.2, 0.25) is 0 Å². The number of rotatable bonds is 7. The quantitative estimate of drug-likeness (QED) is 0.557. The maximum atomic E-state index is 9.74.